The Morgan fingerprint density at radius 3 is 2.92 bits per heavy atom. The van der Waals surface area contributed by atoms with Crippen LogP contribution in [0.1, 0.15) is 11.1 Å². The van der Waals surface area contributed by atoms with Crippen molar-refractivity contribution in [2.75, 3.05) is 6.79 Å². The Hall–Kier alpha value is -3.10. The zero-order chi connectivity index (χ0) is 17.9. The summed E-state index contributed by atoms with van der Waals surface area (Å²) >= 11 is 1.40. The fourth-order valence-electron chi connectivity index (χ4n) is 2.62. The van der Waals surface area contributed by atoms with Gasteiger partial charge in [0.15, 0.2) is 6.79 Å². The highest BCUT2D eigenvalue weighted by Crippen LogP contribution is 2.32. The lowest BCUT2D eigenvalue weighted by atomic mass is 10.1. The molecular weight excluding hydrogens is 354 g/mol. The Morgan fingerprint density at radius 1 is 1.27 bits per heavy atom. The van der Waals surface area contributed by atoms with Crippen molar-refractivity contribution < 1.29 is 14.4 Å². The van der Waals surface area contributed by atoms with Crippen molar-refractivity contribution in [1.82, 2.24) is 4.98 Å². The van der Waals surface area contributed by atoms with Crippen LogP contribution in [-0.4, -0.2) is 22.9 Å². The van der Waals surface area contributed by atoms with E-state index < -0.39 is 4.92 Å². The molecule has 0 aliphatic carbocycles. The summed E-state index contributed by atoms with van der Waals surface area (Å²) < 4.78 is 10.7. The van der Waals surface area contributed by atoms with Crippen molar-refractivity contribution in [3.05, 3.63) is 69.1 Å². The van der Waals surface area contributed by atoms with Gasteiger partial charge in [-0.15, -0.1) is 11.3 Å². The average Bonchev–Trinajstić information content (AvgIpc) is 3.15. The number of nitro groups is 1. The molecule has 26 heavy (non-hydrogen) atoms. The molecule has 1 aromatic heterocycles. The maximum absolute atomic E-state index is 11.1. The zero-order valence-electron chi connectivity index (χ0n) is 13.5. The standard InChI is InChI=1S/C18H13N3O4S/c22-21(23)15-6-13(17-14(7-15)9-24-11-25-17)8-19-18-20-16(10-26-18)12-4-2-1-3-5-12/h1-8,10H,9,11H2/b19-8-. The van der Waals surface area contributed by atoms with Crippen LogP contribution in [-0.2, 0) is 11.3 Å². The quantitative estimate of drug-likeness (QED) is 0.389. The summed E-state index contributed by atoms with van der Waals surface area (Å²) in [6, 6.07) is 12.7. The van der Waals surface area contributed by atoms with Crippen LogP contribution in [0.15, 0.2) is 52.8 Å². The minimum absolute atomic E-state index is 0.0246. The molecule has 0 spiro atoms. The maximum Gasteiger partial charge on any atom is 0.270 e. The van der Waals surface area contributed by atoms with Gasteiger partial charge in [-0.3, -0.25) is 10.1 Å². The van der Waals surface area contributed by atoms with Gasteiger partial charge in [0.25, 0.3) is 5.69 Å². The SMILES string of the molecule is O=[N+]([O-])c1cc(/C=N\c2nc(-c3ccccc3)cs2)c2c(c1)COCO2. The van der Waals surface area contributed by atoms with Crippen LogP contribution < -0.4 is 4.74 Å². The van der Waals surface area contributed by atoms with Gasteiger partial charge in [0, 0.05) is 40.4 Å². The third-order valence-corrected chi connectivity index (χ3v) is 4.56. The van der Waals surface area contributed by atoms with Crippen molar-refractivity contribution in [2.45, 2.75) is 6.61 Å². The molecule has 0 saturated heterocycles. The second-order valence-electron chi connectivity index (χ2n) is 5.53. The van der Waals surface area contributed by atoms with Crippen molar-refractivity contribution in [2.24, 2.45) is 4.99 Å². The minimum atomic E-state index is -0.441. The molecule has 2 heterocycles. The lowest BCUT2D eigenvalue weighted by Crippen LogP contribution is -2.13. The smallest absolute Gasteiger partial charge is 0.270 e. The first-order chi connectivity index (χ1) is 12.7. The average molecular weight is 367 g/mol. The van der Waals surface area contributed by atoms with E-state index >= 15 is 0 Å². The molecule has 4 rings (SSSR count). The van der Waals surface area contributed by atoms with Gasteiger partial charge in [-0.05, 0) is 0 Å². The fraction of sp³-hybridized carbons (Fsp3) is 0.111. The van der Waals surface area contributed by atoms with Crippen LogP contribution in [0.2, 0.25) is 0 Å². The zero-order valence-corrected chi connectivity index (χ0v) is 14.3. The number of nitrogens with zero attached hydrogens (tertiary/aromatic N) is 3. The lowest BCUT2D eigenvalue weighted by molar-refractivity contribution is -0.385. The highest BCUT2D eigenvalue weighted by molar-refractivity contribution is 7.13. The highest BCUT2D eigenvalue weighted by Gasteiger charge is 2.20. The number of benzene rings is 2. The van der Waals surface area contributed by atoms with Crippen molar-refractivity contribution in [3.8, 4) is 17.0 Å². The number of hydrogen-bond acceptors (Lipinski definition) is 7. The van der Waals surface area contributed by atoms with Gasteiger partial charge < -0.3 is 9.47 Å². The maximum atomic E-state index is 11.1. The normalized spacial score (nSPS) is 13.4. The number of aromatic nitrogens is 1. The van der Waals surface area contributed by atoms with E-state index in [1.807, 2.05) is 35.7 Å². The predicted molar refractivity (Wildman–Crippen MR) is 98.2 cm³/mol. The molecule has 0 fully saturated rings. The molecule has 8 heteroatoms. The number of hydrogen-bond donors (Lipinski definition) is 0. The fourth-order valence-corrected chi connectivity index (χ4v) is 3.29. The summed E-state index contributed by atoms with van der Waals surface area (Å²) in [5.74, 6) is 0.561. The van der Waals surface area contributed by atoms with Crippen LogP contribution in [0.4, 0.5) is 10.8 Å². The van der Waals surface area contributed by atoms with E-state index in [-0.39, 0.29) is 19.1 Å². The summed E-state index contributed by atoms with van der Waals surface area (Å²) in [5, 5.41) is 13.6. The molecule has 0 unspecified atom stereocenters. The number of aliphatic imine (C=N–C) groups is 1. The lowest BCUT2D eigenvalue weighted by Gasteiger charge is -2.19. The molecular formula is C18H13N3O4S. The van der Waals surface area contributed by atoms with Crippen LogP contribution in [0, 0.1) is 10.1 Å². The van der Waals surface area contributed by atoms with Gasteiger partial charge in [-0.1, -0.05) is 30.3 Å². The number of fused-ring (bicyclic) bond motifs is 1. The molecule has 130 valence electrons. The topological polar surface area (TPSA) is 86.9 Å². The van der Waals surface area contributed by atoms with Gasteiger partial charge in [0.1, 0.15) is 5.75 Å². The summed E-state index contributed by atoms with van der Waals surface area (Å²) in [4.78, 5) is 19.6. The van der Waals surface area contributed by atoms with Crippen LogP contribution in [0.25, 0.3) is 11.3 Å². The van der Waals surface area contributed by atoms with Crippen molar-refractivity contribution in [1.29, 1.82) is 0 Å². The van der Waals surface area contributed by atoms with E-state index in [2.05, 4.69) is 9.98 Å². The van der Waals surface area contributed by atoms with Gasteiger partial charge in [0.2, 0.25) is 5.13 Å². The van der Waals surface area contributed by atoms with Gasteiger partial charge in [0.05, 0.1) is 17.2 Å². The molecule has 0 N–H and O–H groups in total. The molecule has 0 radical (unpaired) electrons. The number of ether oxygens (including phenoxy) is 2. The highest BCUT2D eigenvalue weighted by atomic mass is 32.1. The van der Waals surface area contributed by atoms with Gasteiger partial charge >= 0.3 is 0 Å². The Morgan fingerprint density at radius 2 is 2.12 bits per heavy atom. The van der Waals surface area contributed by atoms with E-state index in [9.17, 15) is 10.1 Å². The predicted octanol–water partition coefficient (Wildman–Crippen LogP) is 4.34. The number of nitro benzene ring substituents is 1. The van der Waals surface area contributed by atoms with Gasteiger partial charge in [-0.25, -0.2) is 9.98 Å². The van der Waals surface area contributed by atoms with Gasteiger partial charge in [-0.2, -0.15) is 0 Å². The third-order valence-electron chi connectivity index (χ3n) is 3.81. The molecule has 1 aliphatic heterocycles. The molecule has 3 aromatic rings. The van der Waals surface area contributed by atoms with Crippen LogP contribution in [0.3, 0.4) is 0 Å². The minimum Gasteiger partial charge on any atom is -0.466 e. The molecule has 0 amide bonds. The molecule has 1 aliphatic rings. The summed E-state index contributed by atoms with van der Waals surface area (Å²) in [6.45, 7) is 0.383. The largest absolute Gasteiger partial charge is 0.466 e. The summed E-state index contributed by atoms with van der Waals surface area (Å²) in [7, 11) is 0. The first-order valence-corrected chi connectivity index (χ1v) is 8.65. The third kappa shape index (κ3) is 3.32. The Kier molecular flexibility index (Phi) is 4.42. The molecule has 0 bridgehead atoms. The Labute approximate surface area is 152 Å². The van der Waals surface area contributed by atoms with Crippen molar-refractivity contribution in [3.63, 3.8) is 0 Å². The number of thiazole rings is 1. The van der Waals surface area contributed by atoms with Crippen molar-refractivity contribution >= 4 is 28.4 Å². The summed E-state index contributed by atoms with van der Waals surface area (Å²) in [6.07, 6.45) is 1.55. The van der Waals surface area contributed by atoms with E-state index in [1.54, 1.807) is 6.21 Å². The second-order valence-corrected chi connectivity index (χ2v) is 6.37. The first-order valence-electron chi connectivity index (χ1n) is 7.77. The van der Waals surface area contributed by atoms with E-state index in [0.29, 0.717) is 22.0 Å². The number of rotatable bonds is 4. The van der Waals surface area contributed by atoms with E-state index in [1.165, 1.54) is 23.5 Å². The Bertz CT molecular complexity index is 985. The molecule has 0 atom stereocenters. The van der Waals surface area contributed by atoms with E-state index in [0.717, 1.165) is 11.3 Å². The first kappa shape index (κ1) is 16.4. The number of non-ortho nitro benzene ring substituents is 1. The second kappa shape index (κ2) is 7.03. The monoisotopic (exact) mass is 367 g/mol. The molecule has 0 saturated carbocycles. The van der Waals surface area contributed by atoms with E-state index in [4.69, 9.17) is 9.47 Å². The molecule has 7 nitrogen and oxygen atoms in total. The summed E-state index contributed by atoms with van der Waals surface area (Å²) in [5.41, 5.74) is 3.00. The van der Waals surface area contributed by atoms with Crippen LogP contribution in [0.5, 0.6) is 5.75 Å². The van der Waals surface area contributed by atoms with Crippen LogP contribution >= 0.6 is 11.3 Å². The Balaban J connectivity index is 1.66. The molecule has 2 aromatic carbocycles.